The number of piperazine rings is 1. The maximum atomic E-state index is 13.4. The molecule has 1 aromatic heterocycles. The number of rotatable bonds is 6. The van der Waals surface area contributed by atoms with Crippen LogP contribution in [0.5, 0.6) is 11.5 Å². The second-order valence-electron chi connectivity index (χ2n) is 9.88. The molecular weight excluding hydrogens is 538 g/mol. The summed E-state index contributed by atoms with van der Waals surface area (Å²) in [5.74, 6) is 3.09. The summed E-state index contributed by atoms with van der Waals surface area (Å²) < 4.78 is 17.4. The molecule has 1 unspecified atom stereocenters. The second kappa shape index (κ2) is 10.8. The average Bonchev–Trinajstić information content (AvgIpc) is 3.59. The molecule has 0 aliphatic carbocycles. The van der Waals surface area contributed by atoms with Crippen LogP contribution in [0.25, 0.3) is 11.4 Å². The Kier molecular flexibility index (Phi) is 7.12. The van der Waals surface area contributed by atoms with Gasteiger partial charge < -0.3 is 18.9 Å². The topological polar surface area (TPSA) is 84.2 Å². The smallest absolute Gasteiger partial charge is 0.241 e. The first kappa shape index (κ1) is 24.4. The third kappa shape index (κ3) is 5.66. The van der Waals surface area contributed by atoms with Crippen molar-refractivity contribution in [3.05, 3.63) is 58.4 Å². The van der Waals surface area contributed by atoms with Crippen LogP contribution in [0.2, 0.25) is 0 Å². The monoisotopic (exact) mass is 567 g/mol. The lowest BCUT2D eigenvalue weighted by molar-refractivity contribution is -0.139. The van der Waals surface area contributed by atoms with E-state index in [0.29, 0.717) is 25.1 Å². The van der Waals surface area contributed by atoms with Crippen LogP contribution in [0.3, 0.4) is 0 Å². The molecule has 0 saturated carbocycles. The van der Waals surface area contributed by atoms with Crippen LogP contribution in [0.15, 0.2) is 51.5 Å². The van der Waals surface area contributed by atoms with Gasteiger partial charge in [0.25, 0.3) is 0 Å². The minimum atomic E-state index is 0.0167. The second-order valence-corrected chi connectivity index (χ2v) is 10.8. The van der Waals surface area contributed by atoms with E-state index in [1.807, 2.05) is 35.2 Å². The van der Waals surface area contributed by atoms with Crippen LogP contribution < -0.4 is 9.47 Å². The van der Waals surface area contributed by atoms with Gasteiger partial charge >= 0.3 is 0 Å². The van der Waals surface area contributed by atoms with Crippen LogP contribution in [-0.4, -0.2) is 76.8 Å². The molecule has 3 aliphatic rings. The summed E-state index contributed by atoms with van der Waals surface area (Å²) in [5, 5.41) is 4.14. The zero-order valence-corrected chi connectivity index (χ0v) is 22.2. The van der Waals surface area contributed by atoms with Crippen molar-refractivity contribution < 1.29 is 18.8 Å². The number of amides is 1. The SMILES string of the molecule is O=C(C1CCCN(Cc2nc(-c3ccc(Br)cc3)no2)C1)N1CCN(Cc2ccc3c(c2)OCO3)CC1. The number of fused-ring (bicyclic) bond motifs is 1. The van der Waals surface area contributed by atoms with E-state index < -0.39 is 0 Å². The number of carbonyl (C=O) groups excluding carboxylic acids is 1. The third-order valence-electron chi connectivity index (χ3n) is 7.31. The molecule has 0 N–H and O–H groups in total. The predicted octanol–water partition coefficient (Wildman–Crippen LogP) is 3.78. The van der Waals surface area contributed by atoms with Gasteiger partial charge in [-0.05, 0) is 61.3 Å². The first-order chi connectivity index (χ1) is 18.1. The summed E-state index contributed by atoms with van der Waals surface area (Å²) in [5.41, 5.74) is 2.12. The molecule has 1 amide bonds. The highest BCUT2D eigenvalue weighted by Crippen LogP contribution is 2.33. The summed E-state index contributed by atoms with van der Waals surface area (Å²) in [6, 6.07) is 14.0. The highest BCUT2D eigenvalue weighted by molar-refractivity contribution is 9.10. The maximum Gasteiger partial charge on any atom is 0.241 e. The molecule has 10 heteroatoms. The molecular formula is C27H30BrN5O4. The van der Waals surface area contributed by atoms with E-state index in [2.05, 4.69) is 48.0 Å². The van der Waals surface area contributed by atoms with Gasteiger partial charge in [0.2, 0.25) is 24.4 Å². The van der Waals surface area contributed by atoms with Crippen LogP contribution in [0, 0.1) is 5.92 Å². The Morgan fingerprint density at radius 1 is 0.946 bits per heavy atom. The fraction of sp³-hybridized carbons (Fsp3) is 0.444. The summed E-state index contributed by atoms with van der Waals surface area (Å²) in [6.45, 7) is 6.64. The van der Waals surface area contributed by atoms with Gasteiger partial charge in [-0.3, -0.25) is 14.6 Å². The van der Waals surface area contributed by atoms with Gasteiger partial charge in [0.1, 0.15) is 0 Å². The summed E-state index contributed by atoms with van der Waals surface area (Å²) in [4.78, 5) is 24.6. The number of ether oxygens (including phenoxy) is 2. The number of hydrogen-bond acceptors (Lipinski definition) is 8. The van der Waals surface area contributed by atoms with E-state index in [9.17, 15) is 4.79 Å². The Morgan fingerprint density at radius 2 is 1.76 bits per heavy atom. The molecule has 9 nitrogen and oxygen atoms in total. The van der Waals surface area contributed by atoms with Crippen LogP contribution in [-0.2, 0) is 17.9 Å². The van der Waals surface area contributed by atoms with Crippen molar-refractivity contribution in [1.29, 1.82) is 0 Å². The average molecular weight is 568 g/mol. The van der Waals surface area contributed by atoms with Crippen molar-refractivity contribution >= 4 is 21.8 Å². The van der Waals surface area contributed by atoms with Gasteiger partial charge in [-0.2, -0.15) is 4.98 Å². The minimum absolute atomic E-state index is 0.0167. The summed E-state index contributed by atoms with van der Waals surface area (Å²) in [7, 11) is 0. The Morgan fingerprint density at radius 3 is 2.59 bits per heavy atom. The quantitative estimate of drug-likeness (QED) is 0.445. The molecule has 0 radical (unpaired) electrons. The Bertz CT molecular complexity index is 1240. The fourth-order valence-electron chi connectivity index (χ4n) is 5.31. The van der Waals surface area contributed by atoms with E-state index in [1.54, 1.807) is 0 Å². The fourth-order valence-corrected chi connectivity index (χ4v) is 5.57. The van der Waals surface area contributed by atoms with Gasteiger partial charge in [0, 0.05) is 49.3 Å². The van der Waals surface area contributed by atoms with Crippen LogP contribution in [0.4, 0.5) is 0 Å². The molecule has 194 valence electrons. The number of aromatic nitrogens is 2. The Balaban J connectivity index is 0.994. The van der Waals surface area contributed by atoms with Crippen molar-refractivity contribution in [3.8, 4) is 22.9 Å². The lowest BCUT2D eigenvalue weighted by Gasteiger charge is -2.38. The zero-order valence-electron chi connectivity index (χ0n) is 20.6. The Labute approximate surface area is 224 Å². The number of piperidine rings is 1. The van der Waals surface area contributed by atoms with Gasteiger partial charge in [-0.15, -0.1) is 0 Å². The third-order valence-corrected chi connectivity index (χ3v) is 7.84. The summed E-state index contributed by atoms with van der Waals surface area (Å²) in [6.07, 6.45) is 1.93. The van der Waals surface area contributed by atoms with Crippen molar-refractivity contribution in [1.82, 2.24) is 24.8 Å². The van der Waals surface area contributed by atoms with Crippen molar-refractivity contribution in [3.63, 3.8) is 0 Å². The molecule has 3 aromatic rings. The highest BCUT2D eigenvalue weighted by Gasteiger charge is 2.31. The summed E-state index contributed by atoms with van der Waals surface area (Å²) >= 11 is 3.45. The molecule has 2 aromatic carbocycles. The van der Waals surface area contributed by atoms with Gasteiger partial charge in [0.15, 0.2) is 11.5 Å². The molecule has 4 heterocycles. The number of hydrogen-bond donors (Lipinski definition) is 0. The van der Waals surface area contributed by atoms with Gasteiger partial charge in [-0.25, -0.2) is 0 Å². The van der Waals surface area contributed by atoms with E-state index in [4.69, 9.17) is 14.0 Å². The number of benzene rings is 2. The first-order valence-corrected chi connectivity index (χ1v) is 13.6. The number of likely N-dealkylation sites (tertiary alicyclic amines) is 1. The molecule has 0 spiro atoms. The molecule has 2 saturated heterocycles. The largest absolute Gasteiger partial charge is 0.454 e. The molecule has 0 bridgehead atoms. The van der Waals surface area contributed by atoms with Gasteiger partial charge in [-0.1, -0.05) is 27.2 Å². The number of carbonyl (C=O) groups is 1. The molecule has 2 fully saturated rings. The van der Waals surface area contributed by atoms with E-state index >= 15 is 0 Å². The molecule has 3 aliphatic heterocycles. The number of nitrogens with zero attached hydrogens (tertiary/aromatic N) is 5. The molecule has 37 heavy (non-hydrogen) atoms. The Hall–Kier alpha value is -2.95. The van der Waals surface area contributed by atoms with Crippen molar-refractivity contribution in [2.75, 3.05) is 46.1 Å². The van der Waals surface area contributed by atoms with E-state index in [0.717, 1.165) is 80.2 Å². The normalized spacial score (nSPS) is 20.4. The molecule has 6 rings (SSSR count). The lowest BCUT2D eigenvalue weighted by atomic mass is 9.96. The number of halogens is 1. The van der Waals surface area contributed by atoms with E-state index in [-0.39, 0.29) is 11.8 Å². The van der Waals surface area contributed by atoms with Crippen LogP contribution in [0.1, 0.15) is 24.3 Å². The lowest BCUT2D eigenvalue weighted by Crippen LogP contribution is -2.52. The predicted molar refractivity (Wildman–Crippen MR) is 140 cm³/mol. The highest BCUT2D eigenvalue weighted by atomic mass is 79.9. The minimum Gasteiger partial charge on any atom is -0.454 e. The van der Waals surface area contributed by atoms with Gasteiger partial charge in [0.05, 0.1) is 12.5 Å². The first-order valence-electron chi connectivity index (χ1n) is 12.8. The van der Waals surface area contributed by atoms with Crippen molar-refractivity contribution in [2.45, 2.75) is 25.9 Å². The van der Waals surface area contributed by atoms with E-state index in [1.165, 1.54) is 5.56 Å². The molecule has 1 atom stereocenters. The standard InChI is InChI=1S/C27H30BrN5O4/c28-22-6-4-20(5-7-22)26-29-25(37-30-26)17-32-9-1-2-21(16-32)27(34)33-12-10-31(11-13-33)15-19-3-8-23-24(14-19)36-18-35-23/h3-8,14,21H,1-2,9-13,15-18H2. The van der Waals surface area contributed by atoms with Crippen molar-refractivity contribution in [2.24, 2.45) is 5.92 Å². The van der Waals surface area contributed by atoms with Crippen LogP contribution >= 0.6 is 15.9 Å². The zero-order chi connectivity index (χ0) is 25.2. The maximum absolute atomic E-state index is 13.4.